The molecule has 1 aromatic carbocycles. The number of benzene rings is 1. The molecular formula is C16H16Cl2N4O6. The Morgan fingerprint density at radius 3 is 3.04 bits per heavy atom. The number of hydrogen-bond acceptors (Lipinski definition) is 8. The van der Waals surface area contributed by atoms with E-state index in [-0.39, 0.29) is 25.9 Å². The highest BCUT2D eigenvalue weighted by Gasteiger charge is 2.45. The largest absolute Gasteiger partial charge is 0.375 e. The third-order valence-electron chi connectivity index (χ3n) is 3.78. The highest BCUT2D eigenvalue weighted by molar-refractivity contribution is 6.35. The van der Waals surface area contributed by atoms with Gasteiger partial charge < -0.3 is 14.2 Å². The van der Waals surface area contributed by atoms with Gasteiger partial charge in [0.2, 0.25) is 5.79 Å². The molecule has 10 nitrogen and oxygen atoms in total. The van der Waals surface area contributed by atoms with Crippen LogP contribution in [-0.4, -0.2) is 45.8 Å². The highest BCUT2D eigenvalue weighted by atomic mass is 35.5. The molecule has 2 unspecified atom stereocenters. The zero-order valence-electron chi connectivity index (χ0n) is 14.5. The summed E-state index contributed by atoms with van der Waals surface area (Å²) in [4.78, 5) is 18.4. The van der Waals surface area contributed by atoms with E-state index in [1.54, 1.807) is 24.3 Å². The Labute approximate surface area is 169 Å². The van der Waals surface area contributed by atoms with Crippen molar-refractivity contribution in [1.82, 2.24) is 14.8 Å². The molecule has 1 saturated heterocycles. The molecule has 1 aliphatic heterocycles. The van der Waals surface area contributed by atoms with Crippen molar-refractivity contribution in [3.05, 3.63) is 62.9 Å². The maximum atomic E-state index is 10.4. The van der Waals surface area contributed by atoms with Crippen LogP contribution in [0.3, 0.4) is 0 Å². The number of rotatable bonds is 9. The van der Waals surface area contributed by atoms with Crippen molar-refractivity contribution >= 4 is 23.2 Å². The topological polar surface area (TPSA) is 111 Å². The summed E-state index contributed by atoms with van der Waals surface area (Å²) in [6.07, 6.45) is 2.52. The molecule has 2 aromatic rings. The van der Waals surface area contributed by atoms with E-state index in [9.17, 15) is 10.1 Å². The standard InChI is InChI=1S/C16H16Cl2N4O6/c1-2-5-25-7-12-8-26-16(27-12,13-4-3-11(17)6-14(13)18)9-21-10-19-15(20-21)28-22(23)24/h2-4,6,10,12H,1,5,7-9H2. The van der Waals surface area contributed by atoms with Gasteiger partial charge in [0, 0.05) is 10.6 Å². The molecule has 0 N–H and O–H groups in total. The average Bonchev–Trinajstić information content (AvgIpc) is 3.22. The Hall–Kier alpha value is -2.24. The zero-order valence-corrected chi connectivity index (χ0v) is 16.0. The van der Waals surface area contributed by atoms with Gasteiger partial charge in [-0.15, -0.1) is 21.8 Å². The molecule has 1 aromatic heterocycles. The molecule has 1 aliphatic rings. The number of halogens is 2. The Morgan fingerprint density at radius 2 is 2.32 bits per heavy atom. The fourth-order valence-corrected chi connectivity index (χ4v) is 3.27. The van der Waals surface area contributed by atoms with E-state index in [2.05, 4.69) is 21.5 Å². The third-order valence-corrected chi connectivity index (χ3v) is 4.33. The van der Waals surface area contributed by atoms with Gasteiger partial charge in [0.15, 0.2) is 0 Å². The van der Waals surface area contributed by atoms with Crippen molar-refractivity contribution < 1.29 is 24.1 Å². The quantitative estimate of drug-likeness (QED) is 0.258. The molecule has 12 heteroatoms. The van der Waals surface area contributed by atoms with Crippen LogP contribution in [0, 0.1) is 10.1 Å². The van der Waals surface area contributed by atoms with E-state index >= 15 is 0 Å². The average molecular weight is 431 g/mol. The second-order valence-corrected chi connectivity index (χ2v) is 6.64. The molecule has 0 amide bonds. The van der Waals surface area contributed by atoms with Crippen molar-refractivity contribution in [1.29, 1.82) is 0 Å². The minimum atomic E-state index is -1.32. The maximum Gasteiger partial charge on any atom is 0.327 e. The molecule has 1 fully saturated rings. The molecule has 0 bridgehead atoms. The summed E-state index contributed by atoms with van der Waals surface area (Å²) in [7, 11) is 0. The number of hydrogen-bond donors (Lipinski definition) is 0. The summed E-state index contributed by atoms with van der Waals surface area (Å²) < 4.78 is 18.8. The summed E-state index contributed by atoms with van der Waals surface area (Å²) in [5.74, 6) is -1.32. The van der Waals surface area contributed by atoms with Crippen LogP contribution in [0.15, 0.2) is 37.2 Å². The fraction of sp³-hybridized carbons (Fsp3) is 0.375. The molecule has 2 heterocycles. The van der Waals surface area contributed by atoms with E-state index in [4.69, 9.17) is 37.4 Å². The summed E-state index contributed by atoms with van der Waals surface area (Å²) in [5.41, 5.74) is 0.525. The fourth-order valence-electron chi connectivity index (χ4n) is 2.71. The van der Waals surface area contributed by atoms with Crippen LogP contribution in [0.2, 0.25) is 10.0 Å². The first-order valence-electron chi connectivity index (χ1n) is 8.09. The molecular weight excluding hydrogens is 415 g/mol. The first kappa shape index (κ1) is 20.5. The van der Waals surface area contributed by atoms with Crippen molar-refractivity contribution in [2.24, 2.45) is 0 Å². The van der Waals surface area contributed by atoms with Crippen LogP contribution in [0.4, 0.5) is 0 Å². The molecule has 28 heavy (non-hydrogen) atoms. The second-order valence-electron chi connectivity index (χ2n) is 5.79. The van der Waals surface area contributed by atoms with Crippen LogP contribution in [0.5, 0.6) is 6.01 Å². The monoisotopic (exact) mass is 430 g/mol. The minimum absolute atomic E-state index is 0.0143. The lowest BCUT2D eigenvalue weighted by Crippen LogP contribution is -2.35. The molecule has 150 valence electrons. The number of aromatic nitrogens is 3. The van der Waals surface area contributed by atoms with Crippen molar-refractivity contribution in [2.45, 2.75) is 18.4 Å². The van der Waals surface area contributed by atoms with Crippen molar-refractivity contribution in [3.63, 3.8) is 0 Å². The predicted molar refractivity (Wildman–Crippen MR) is 97.6 cm³/mol. The van der Waals surface area contributed by atoms with Crippen LogP contribution in [0.1, 0.15) is 5.56 Å². The Bertz CT molecular complexity index is 863. The summed E-state index contributed by atoms with van der Waals surface area (Å²) in [6, 6.07) is 4.49. The van der Waals surface area contributed by atoms with Crippen LogP contribution >= 0.6 is 23.2 Å². The Balaban J connectivity index is 1.86. The van der Waals surface area contributed by atoms with Crippen molar-refractivity contribution in [3.8, 4) is 6.01 Å². The predicted octanol–water partition coefficient (Wildman–Crippen LogP) is 2.63. The molecule has 0 saturated carbocycles. The Morgan fingerprint density at radius 1 is 1.50 bits per heavy atom. The van der Waals surface area contributed by atoms with Gasteiger partial charge in [-0.3, -0.25) is 0 Å². The lowest BCUT2D eigenvalue weighted by molar-refractivity contribution is -0.713. The van der Waals surface area contributed by atoms with Gasteiger partial charge in [-0.05, 0) is 12.1 Å². The molecule has 0 aliphatic carbocycles. The van der Waals surface area contributed by atoms with Gasteiger partial charge in [-0.2, -0.15) is 4.98 Å². The van der Waals surface area contributed by atoms with E-state index in [0.717, 1.165) is 0 Å². The first-order valence-corrected chi connectivity index (χ1v) is 8.85. The van der Waals surface area contributed by atoms with E-state index in [1.165, 1.54) is 11.0 Å². The smallest absolute Gasteiger partial charge is 0.327 e. The normalized spacial score (nSPS) is 21.6. The van der Waals surface area contributed by atoms with Gasteiger partial charge >= 0.3 is 11.1 Å². The van der Waals surface area contributed by atoms with Crippen molar-refractivity contribution in [2.75, 3.05) is 19.8 Å². The van der Waals surface area contributed by atoms with Gasteiger partial charge in [0.05, 0.1) is 24.8 Å². The first-order chi connectivity index (χ1) is 13.4. The lowest BCUT2D eigenvalue weighted by atomic mass is 10.1. The summed E-state index contributed by atoms with van der Waals surface area (Å²) >= 11 is 12.4. The van der Waals surface area contributed by atoms with E-state index in [0.29, 0.717) is 22.2 Å². The van der Waals surface area contributed by atoms with Crippen LogP contribution in [-0.2, 0) is 26.5 Å². The third kappa shape index (κ3) is 4.78. The van der Waals surface area contributed by atoms with Gasteiger partial charge in [0.25, 0.3) is 0 Å². The molecule has 2 atom stereocenters. The maximum absolute atomic E-state index is 10.4. The van der Waals surface area contributed by atoms with Gasteiger partial charge in [-0.25, -0.2) is 9.52 Å². The summed E-state index contributed by atoms with van der Waals surface area (Å²) in [5, 5.41) is 14.1. The molecule has 0 radical (unpaired) electrons. The summed E-state index contributed by atoms with van der Waals surface area (Å²) in [6.45, 7) is 4.51. The Kier molecular flexibility index (Phi) is 6.47. The van der Waals surface area contributed by atoms with Crippen LogP contribution < -0.4 is 4.84 Å². The van der Waals surface area contributed by atoms with E-state index < -0.39 is 16.9 Å². The lowest BCUT2D eigenvalue weighted by Gasteiger charge is -2.29. The number of nitrogens with zero attached hydrogens (tertiary/aromatic N) is 4. The van der Waals surface area contributed by atoms with Crippen LogP contribution in [0.25, 0.3) is 0 Å². The van der Waals surface area contributed by atoms with Gasteiger partial charge in [-0.1, -0.05) is 35.3 Å². The second kappa shape index (κ2) is 8.84. The molecule has 3 rings (SSSR count). The zero-order chi connectivity index (χ0) is 20.1. The highest BCUT2D eigenvalue weighted by Crippen LogP contribution is 2.40. The van der Waals surface area contributed by atoms with Gasteiger partial charge in [0.1, 0.15) is 19.0 Å². The van der Waals surface area contributed by atoms with E-state index in [1.807, 2.05) is 0 Å². The number of ether oxygens (including phenoxy) is 3. The molecule has 0 spiro atoms. The minimum Gasteiger partial charge on any atom is -0.375 e. The SMILES string of the molecule is C=CCOCC1COC(Cn2cnc(O[N+](=O)[O-])n2)(c2ccc(Cl)cc2Cl)O1.